The van der Waals surface area contributed by atoms with E-state index in [1.807, 2.05) is 24.3 Å². The molecule has 0 saturated heterocycles. The van der Waals surface area contributed by atoms with E-state index in [9.17, 15) is 0 Å². The van der Waals surface area contributed by atoms with Gasteiger partial charge in [0.15, 0.2) is 0 Å². The molecule has 0 aliphatic carbocycles. The number of aromatic nitrogens is 1. The van der Waals surface area contributed by atoms with Crippen LogP contribution in [0.4, 0.5) is 5.13 Å². The first-order valence-electron chi connectivity index (χ1n) is 5.52. The molecule has 0 aliphatic rings. The van der Waals surface area contributed by atoms with E-state index in [4.69, 9.17) is 12.4 Å². The minimum atomic E-state index is 0.577. The van der Waals surface area contributed by atoms with Gasteiger partial charge >= 0.3 is 0 Å². The van der Waals surface area contributed by atoms with Gasteiger partial charge < -0.3 is 4.85 Å². The lowest BCUT2D eigenvalue weighted by molar-refractivity contribution is 0.728. The van der Waals surface area contributed by atoms with Gasteiger partial charge in [-0.15, -0.1) is 0 Å². The Morgan fingerprint density at radius 1 is 1.35 bits per heavy atom. The molecule has 1 heterocycles. The Balaban J connectivity index is 1.99. The number of nitrogens with zero attached hydrogens (tertiary/aromatic N) is 3. The minimum absolute atomic E-state index is 0.577. The zero-order valence-electron chi connectivity index (χ0n) is 9.47. The van der Waals surface area contributed by atoms with Crippen LogP contribution in [0.25, 0.3) is 15.1 Å². The van der Waals surface area contributed by atoms with Crippen molar-refractivity contribution in [3.63, 3.8) is 0 Å². The molecule has 2 N–H and O–H groups in total. The van der Waals surface area contributed by atoms with Crippen molar-refractivity contribution in [1.82, 2.24) is 4.98 Å². The molecule has 5 heteroatoms. The first-order chi connectivity index (χ1) is 8.31. The highest BCUT2D eigenvalue weighted by atomic mass is 32.1. The Hall–Kier alpha value is -1.64. The maximum absolute atomic E-state index is 6.70. The molecular weight excluding hydrogens is 232 g/mol. The molecule has 88 valence electrons. The second kappa shape index (κ2) is 5.62. The summed E-state index contributed by atoms with van der Waals surface area (Å²) in [5, 5.41) is 2.52. The Bertz CT molecular complexity index is 496. The molecule has 0 aliphatic heterocycles. The number of hydrogen-bond acceptors (Lipinski definition) is 4. The van der Waals surface area contributed by atoms with Crippen LogP contribution in [0.15, 0.2) is 24.3 Å². The molecule has 0 saturated carbocycles. The van der Waals surface area contributed by atoms with Crippen molar-refractivity contribution in [2.24, 2.45) is 5.84 Å². The molecule has 17 heavy (non-hydrogen) atoms. The lowest BCUT2D eigenvalue weighted by Crippen LogP contribution is -2.31. The van der Waals surface area contributed by atoms with E-state index in [0.29, 0.717) is 6.54 Å². The second-order valence-electron chi connectivity index (χ2n) is 3.75. The van der Waals surface area contributed by atoms with Gasteiger partial charge in [-0.25, -0.2) is 17.4 Å². The van der Waals surface area contributed by atoms with Crippen LogP contribution in [0.2, 0.25) is 0 Å². The third-order valence-electron chi connectivity index (χ3n) is 2.45. The topological polar surface area (TPSA) is 46.5 Å². The molecular formula is C12H14N4S. The zero-order chi connectivity index (χ0) is 12.1. The van der Waals surface area contributed by atoms with Crippen molar-refractivity contribution in [3.05, 3.63) is 35.7 Å². The van der Waals surface area contributed by atoms with E-state index in [2.05, 4.69) is 9.83 Å². The number of nitrogens with two attached hydrogens (primary N) is 1. The van der Waals surface area contributed by atoms with Gasteiger partial charge in [0.25, 0.3) is 0 Å². The summed E-state index contributed by atoms with van der Waals surface area (Å²) < 4.78 is 1.15. The quantitative estimate of drug-likeness (QED) is 0.382. The number of thiazole rings is 1. The van der Waals surface area contributed by atoms with Crippen molar-refractivity contribution >= 4 is 26.7 Å². The maximum Gasteiger partial charge on any atom is 0.214 e. The minimum Gasteiger partial charge on any atom is -0.317 e. The molecule has 0 unspecified atom stereocenters. The van der Waals surface area contributed by atoms with Crippen molar-refractivity contribution in [2.75, 3.05) is 18.1 Å². The Morgan fingerprint density at radius 3 is 2.94 bits per heavy atom. The lowest BCUT2D eigenvalue weighted by Gasteiger charge is -2.13. The van der Waals surface area contributed by atoms with Crippen LogP contribution in [0.5, 0.6) is 0 Å². The third-order valence-corrected chi connectivity index (χ3v) is 3.52. The molecule has 4 nitrogen and oxygen atoms in total. The predicted molar refractivity (Wildman–Crippen MR) is 71.9 cm³/mol. The van der Waals surface area contributed by atoms with Crippen LogP contribution in [0, 0.1) is 6.57 Å². The van der Waals surface area contributed by atoms with Crippen molar-refractivity contribution in [1.29, 1.82) is 0 Å². The largest absolute Gasteiger partial charge is 0.317 e. The van der Waals surface area contributed by atoms with Crippen LogP contribution < -0.4 is 10.9 Å². The Labute approximate surface area is 104 Å². The highest BCUT2D eigenvalue weighted by Crippen LogP contribution is 2.27. The fourth-order valence-corrected chi connectivity index (χ4v) is 2.47. The highest BCUT2D eigenvalue weighted by molar-refractivity contribution is 7.22. The van der Waals surface area contributed by atoms with Gasteiger partial charge in [-0.3, -0.25) is 5.01 Å². The number of hydrazine groups is 1. The number of unbranched alkanes of at least 4 members (excludes halogenated alkanes) is 1. The van der Waals surface area contributed by atoms with E-state index in [1.54, 1.807) is 16.3 Å². The number of hydrogen-bond donors (Lipinski definition) is 1. The lowest BCUT2D eigenvalue weighted by atomic mass is 10.3. The summed E-state index contributed by atoms with van der Waals surface area (Å²) in [7, 11) is 0. The molecule has 0 radical (unpaired) electrons. The average Bonchev–Trinajstić information content (AvgIpc) is 2.78. The summed E-state index contributed by atoms with van der Waals surface area (Å²) in [6.07, 6.45) is 1.82. The summed E-state index contributed by atoms with van der Waals surface area (Å²) in [6, 6.07) is 8.01. The van der Waals surface area contributed by atoms with E-state index in [-0.39, 0.29) is 0 Å². The molecule has 0 bridgehead atoms. The number of rotatable bonds is 5. The maximum atomic E-state index is 6.70. The number of para-hydroxylation sites is 1. The van der Waals surface area contributed by atoms with E-state index >= 15 is 0 Å². The van der Waals surface area contributed by atoms with Crippen LogP contribution in [-0.4, -0.2) is 18.1 Å². The zero-order valence-corrected chi connectivity index (χ0v) is 10.3. The van der Waals surface area contributed by atoms with Gasteiger partial charge in [-0.05, 0) is 18.6 Å². The van der Waals surface area contributed by atoms with E-state index in [0.717, 1.165) is 34.7 Å². The smallest absolute Gasteiger partial charge is 0.214 e. The molecule has 2 aromatic rings. The number of anilines is 1. The van der Waals surface area contributed by atoms with Gasteiger partial charge in [0.2, 0.25) is 11.7 Å². The standard InChI is InChI=1S/C12H14N4S/c1-14-8-4-5-9-16(13)12-15-10-6-2-3-7-11(10)17-12/h2-3,6-7H,4-5,8-9,13H2. The van der Waals surface area contributed by atoms with Crippen LogP contribution in [-0.2, 0) is 0 Å². The normalized spacial score (nSPS) is 10.4. The van der Waals surface area contributed by atoms with E-state index < -0.39 is 0 Å². The summed E-state index contributed by atoms with van der Waals surface area (Å²) in [4.78, 5) is 7.79. The van der Waals surface area contributed by atoms with Crippen molar-refractivity contribution in [2.45, 2.75) is 12.8 Å². The SMILES string of the molecule is [C-]#[N+]CCCCN(N)c1nc2ccccc2s1. The molecule has 1 aromatic carbocycles. The van der Waals surface area contributed by atoms with Crippen LogP contribution >= 0.6 is 11.3 Å². The van der Waals surface area contributed by atoms with Gasteiger partial charge in [-0.1, -0.05) is 23.5 Å². The van der Waals surface area contributed by atoms with Crippen LogP contribution in [0.3, 0.4) is 0 Å². The average molecular weight is 246 g/mol. The molecule has 0 fully saturated rings. The first kappa shape index (κ1) is 11.8. The van der Waals surface area contributed by atoms with Crippen molar-refractivity contribution < 1.29 is 0 Å². The highest BCUT2D eigenvalue weighted by Gasteiger charge is 2.08. The Morgan fingerprint density at radius 2 is 2.18 bits per heavy atom. The van der Waals surface area contributed by atoms with Crippen molar-refractivity contribution in [3.8, 4) is 0 Å². The van der Waals surface area contributed by atoms with Gasteiger partial charge in [0.1, 0.15) is 0 Å². The van der Waals surface area contributed by atoms with Gasteiger partial charge in [-0.2, -0.15) is 0 Å². The molecule has 1 aromatic heterocycles. The molecule has 2 rings (SSSR count). The third kappa shape index (κ3) is 2.93. The van der Waals surface area contributed by atoms with Gasteiger partial charge in [0.05, 0.1) is 10.2 Å². The van der Waals surface area contributed by atoms with Gasteiger partial charge in [0, 0.05) is 13.0 Å². The Kier molecular flexibility index (Phi) is 3.91. The number of fused-ring (bicyclic) bond motifs is 1. The van der Waals surface area contributed by atoms with E-state index in [1.165, 1.54) is 0 Å². The second-order valence-corrected chi connectivity index (χ2v) is 4.76. The molecule has 0 amide bonds. The van der Waals surface area contributed by atoms with Crippen LogP contribution in [0.1, 0.15) is 12.8 Å². The predicted octanol–water partition coefficient (Wildman–Crippen LogP) is 2.68. The molecule has 0 atom stereocenters. The number of benzene rings is 1. The summed E-state index contributed by atoms with van der Waals surface area (Å²) in [5.74, 6) is 5.94. The fraction of sp³-hybridized carbons (Fsp3) is 0.333. The first-order valence-corrected chi connectivity index (χ1v) is 6.34. The summed E-state index contributed by atoms with van der Waals surface area (Å²) in [6.45, 7) is 8.02. The molecule has 0 spiro atoms. The fourth-order valence-electron chi connectivity index (χ4n) is 1.55. The summed E-state index contributed by atoms with van der Waals surface area (Å²) >= 11 is 1.60. The monoisotopic (exact) mass is 246 g/mol. The summed E-state index contributed by atoms with van der Waals surface area (Å²) in [5.41, 5.74) is 0.990.